The predicted octanol–water partition coefficient (Wildman–Crippen LogP) is 5.70. The number of rotatable bonds is 8. The second kappa shape index (κ2) is 8.88. The van der Waals surface area contributed by atoms with Crippen molar-refractivity contribution in [3.8, 4) is 0 Å². The average molecular weight is 459 g/mol. The van der Waals surface area contributed by atoms with Gasteiger partial charge in [-0.25, -0.2) is 0 Å². The molecule has 5 rings (SSSR count). The fourth-order valence-corrected chi connectivity index (χ4v) is 10.7. The molecule has 2 fully saturated rings. The zero-order valence-electron chi connectivity index (χ0n) is 20.7. The summed E-state index contributed by atoms with van der Waals surface area (Å²) in [6.07, 6.45) is 3.73. The molecule has 0 aliphatic heterocycles. The van der Waals surface area contributed by atoms with Gasteiger partial charge in [0, 0.05) is 23.8 Å². The summed E-state index contributed by atoms with van der Waals surface area (Å²) < 4.78 is 9.63. The lowest BCUT2D eigenvalue weighted by atomic mass is 10.1. The molecule has 2 atom stereocenters. The fraction of sp³-hybridized carbons (Fsp3) is 0.483. The van der Waals surface area contributed by atoms with Crippen LogP contribution in [0.4, 0.5) is 0 Å². The van der Waals surface area contributed by atoms with Crippen LogP contribution in [0.3, 0.4) is 0 Å². The van der Waals surface area contributed by atoms with Gasteiger partial charge in [-0.1, -0.05) is 81.4 Å². The van der Waals surface area contributed by atoms with E-state index in [4.69, 9.17) is 9.52 Å². The zero-order valence-corrected chi connectivity index (χ0v) is 21.7. The van der Waals surface area contributed by atoms with Gasteiger partial charge < -0.3 is 4.43 Å². The van der Waals surface area contributed by atoms with Crippen molar-refractivity contribution < 1.29 is 4.43 Å². The molecule has 0 radical (unpaired) electrons. The summed E-state index contributed by atoms with van der Waals surface area (Å²) in [5.74, 6) is 2.17. The quantitative estimate of drug-likeness (QED) is 0.405. The Morgan fingerprint density at radius 3 is 1.91 bits per heavy atom. The van der Waals surface area contributed by atoms with Crippen LogP contribution in [0.15, 0.2) is 66.7 Å². The highest BCUT2D eigenvalue weighted by molar-refractivity contribution is 6.98. The van der Waals surface area contributed by atoms with Crippen LogP contribution in [0.1, 0.15) is 70.8 Å². The maximum Gasteiger partial charge on any atom is 0.258 e. The van der Waals surface area contributed by atoms with E-state index >= 15 is 0 Å². The van der Waals surface area contributed by atoms with Gasteiger partial charge in [0.2, 0.25) is 0 Å². The van der Waals surface area contributed by atoms with Gasteiger partial charge >= 0.3 is 0 Å². The highest BCUT2D eigenvalue weighted by atomic mass is 28.4. The molecule has 0 spiro atoms. The first-order valence-electron chi connectivity index (χ1n) is 12.8. The number of aryl methyl sites for hydroxylation is 1. The minimum absolute atomic E-state index is 0.354. The molecule has 33 heavy (non-hydrogen) atoms. The summed E-state index contributed by atoms with van der Waals surface area (Å²) in [5, 5.41) is 7.68. The third kappa shape index (κ3) is 3.91. The second-order valence-electron chi connectivity index (χ2n) is 10.6. The van der Waals surface area contributed by atoms with Crippen molar-refractivity contribution in [3.05, 3.63) is 78.1 Å². The van der Waals surface area contributed by atoms with Gasteiger partial charge in [0.05, 0.1) is 5.69 Å². The van der Waals surface area contributed by atoms with Gasteiger partial charge in [-0.2, -0.15) is 5.10 Å². The molecule has 1 aromatic heterocycles. The number of benzene rings is 2. The fourth-order valence-electron chi connectivity index (χ4n) is 6.36. The van der Waals surface area contributed by atoms with Gasteiger partial charge in [0.15, 0.2) is 0 Å². The first-order valence-corrected chi connectivity index (χ1v) is 14.8. The Labute approximate surface area is 200 Å². The van der Waals surface area contributed by atoms with E-state index in [0.29, 0.717) is 23.6 Å². The Balaban J connectivity index is 1.40. The third-order valence-corrected chi connectivity index (χ3v) is 12.7. The minimum Gasteiger partial charge on any atom is -0.405 e. The van der Waals surface area contributed by atoms with Crippen molar-refractivity contribution in [2.45, 2.75) is 77.5 Å². The van der Waals surface area contributed by atoms with E-state index in [1.54, 1.807) is 0 Å². The summed E-state index contributed by atoms with van der Waals surface area (Å²) in [6, 6.07) is 24.9. The smallest absolute Gasteiger partial charge is 0.258 e. The Bertz CT molecular complexity index is 1020. The molecule has 4 heteroatoms. The highest BCUT2D eigenvalue weighted by Crippen LogP contribution is 2.64. The molecule has 0 saturated heterocycles. The highest BCUT2D eigenvalue weighted by Gasteiger charge is 2.59. The Hall–Kier alpha value is -2.17. The van der Waals surface area contributed by atoms with Crippen molar-refractivity contribution >= 4 is 18.7 Å². The SMILES string of the molecule is CCc1cc(C2C3CC(O[Si](c4ccccc4)(c4ccccc4)C(C)C)CC32)n(C(C)C)n1. The standard InChI is InChI=1S/C29H38N2OSi/c1-6-22-17-28(31(30-22)20(2)3)29-26-18-23(19-27(26)29)32-33(21(4)5,24-13-9-7-10-14-24)25-15-11-8-12-16-25/h7-17,20-21,23,26-27,29H,6,18-19H2,1-5H3. The van der Waals surface area contributed by atoms with Crippen LogP contribution in [0.2, 0.25) is 5.54 Å². The van der Waals surface area contributed by atoms with Gasteiger partial charge in [-0.15, -0.1) is 0 Å². The van der Waals surface area contributed by atoms with E-state index in [2.05, 4.69) is 106 Å². The van der Waals surface area contributed by atoms with Crippen molar-refractivity contribution in [1.82, 2.24) is 9.78 Å². The van der Waals surface area contributed by atoms with E-state index in [1.165, 1.54) is 34.6 Å². The van der Waals surface area contributed by atoms with Crippen LogP contribution in [0.25, 0.3) is 0 Å². The number of nitrogens with zero attached hydrogens (tertiary/aromatic N) is 2. The Kier molecular flexibility index (Phi) is 6.09. The van der Waals surface area contributed by atoms with E-state index in [1.807, 2.05) is 0 Å². The first-order chi connectivity index (χ1) is 16.0. The molecular formula is C29H38N2OSi. The van der Waals surface area contributed by atoms with Gasteiger partial charge in [0.1, 0.15) is 0 Å². The third-order valence-electron chi connectivity index (χ3n) is 7.98. The summed E-state index contributed by atoms with van der Waals surface area (Å²) in [6.45, 7) is 11.4. The molecule has 2 aliphatic rings. The van der Waals surface area contributed by atoms with E-state index < -0.39 is 8.32 Å². The molecule has 174 valence electrons. The van der Waals surface area contributed by atoms with Gasteiger partial charge in [-0.05, 0) is 66.9 Å². The number of aromatic nitrogens is 2. The van der Waals surface area contributed by atoms with Crippen LogP contribution in [0, 0.1) is 11.8 Å². The molecule has 0 bridgehead atoms. The number of fused-ring (bicyclic) bond motifs is 1. The minimum atomic E-state index is -2.35. The summed E-state index contributed by atoms with van der Waals surface area (Å²) in [5.41, 5.74) is 3.16. The van der Waals surface area contributed by atoms with Crippen LogP contribution >= 0.6 is 0 Å². The predicted molar refractivity (Wildman–Crippen MR) is 139 cm³/mol. The molecule has 1 heterocycles. The van der Waals surface area contributed by atoms with Crippen LogP contribution in [-0.2, 0) is 10.8 Å². The lowest BCUT2D eigenvalue weighted by Gasteiger charge is -2.39. The molecule has 3 aromatic rings. The maximum absolute atomic E-state index is 7.34. The Morgan fingerprint density at radius 2 is 1.45 bits per heavy atom. The molecule has 0 N–H and O–H groups in total. The number of hydrogen-bond donors (Lipinski definition) is 0. The largest absolute Gasteiger partial charge is 0.405 e. The first kappa shape index (κ1) is 22.6. The molecule has 2 aromatic carbocycles. The monoisotopic (exact) mass is 458 g/mol. The Morgan fingerprint density at radius 1 is 0.909 bits per heavy atom. The lowest BCUT2D eigenvalue weighted by molar-refractivity contribution is 0.183. The van der Waals surface area contributed by atoms with Crippen LogP contribution in [-0.4, -0.2) is 24.2 Å². The average Bonchev–Trinajstić information content (AvgIpc) is 3.16. The molecular weight excluding hydrogens is 420 g/mol. The van der Waals surface area contributed by atoms with Crippen molar-refractivity contribution in [1.29, 1.82) is 0 Å². The molecule has 2 saturated carbocycles. The topological polar surface area (TPSA) is 27.1 Å². The lowest BCUT2D eigenvalue weighted by Crippen LogP contribution is -2.64. The summed E-state index contributed by atoms with van der Waals surface area (Å²) in [7, 11) is -2.35. The second-order valence-corrected chi connectivity index (χ2v) is 14.7. The summed E-state index contributed by atoms with van der Waals surface area (Å²) in [4.78, 5) is 0. The van der Waals surface area contributed by atoms with Gasteiger partial charge in [0.25, 0.3) is 8.32 Å². The maximum atomic E-state index is 7.34. The molecule has 2 unspecified atom stereocenters. The van der Waals surface area contributed by atoms with Gasteiger partial charge in [-0.3, -0.25) is 4.68 Å². The zero-order chi connectivity index (χ0) is 23.2. The number of hydrogen-bond acceptors (Lipinski definition) is 2. The van der Waals surface area contributed by atoms with Crippen LogP contribution in [0.5, 0.6) is 0 Å². The normalized spacial score (nSPS) is 24.5. The van der Waals surface area contributed by atoms with E-state index in [0.717, 1.165) is 18.3 Å². The van der Waals surface area contributed by atoms with Crippen molar-refractivity contribution in [2.75, 3.05) is 0 Å². The van der Waals surface area contributed by atoms with Crippen LogP contribution < -0.4 is 10.4 Å². The summed E-state index contributed by atoms with van der Waals surface area (Å²) >= 11 is 0. The van der Waals surface area contributed by atoms with E-state index in [-0.39, 0.29) is 0 Å². The van der Waals surface area contributed by atoms with E-state index in [9.17, 15) is 0 Å². The molecule has 3 nitrogen and oxygen atoms in total. The van der Waals surface area contributed by atoms with Crippen molar-refractivity contribution in [2.24, 2.45) is 11.8 Å². The van der Waals surface area contributed by atoms with Crippen molar-refractivity contribution in [3.63, 3.8) is 0 Å². The molecule has 0 amide bonds. The molecule has 2 aliphatic carbocycles.